The summed E-state index contributed by atoms with van der Waals surface area (Å²) in [5.41, 5.74) is 2.47. The van der Waals surface area contributed by atoms with Crippen LogP contribution in [0.25, 0.3) is 0 Å². The van der Waals surface area contributed by atoms with Gasteiger partial charge in [-0.2, -0.15) is 0 Å². The number of methoxy groups -OCH3 is 1. The minimum atomic E-state index is 0.717. The van der Waals surface area contributed by atoms with Gasteiger partial charge in [0.05, 0.1) is 6.61 Å². The summed E-state index contributed by atoms with van der Waals surface area (Å²) in [4.78, 5) is 0. The summed E-state index contributed by atoms with van der Waals surface area (Å²) >= 11 is 0. The lowest BCUT2D eigenvalue weighted by Gasteiger charge is -2.14. The molecule has 18 heavy (non-hydrogen) atoms. The Morgan fingerprint density at radius 1 is 1.28 bits per heavy atom. The molecule has 0 radical (unpaired) electrons. The predicted octanol–water partition coefficient (Wildman–Crippen LogP) is 2.66. The highest BCUT2D eigenvalue weighted by Crippen LogP contribution is 2.25. The second kappa shape index (κ2) is 6.76. The molecule has 1 aromatic carbocycles. The Morgan fingerprint density at radius 2 is 2.11 bits per heavy atom. The van der Waals surface area contributed by atoms with Gasteiger partial charge in [0.25, 0.3) is 0 Å². The largest absolute Gasteiger partial charge is 0.493 e. The van der Waals surface area contributed by atoms with E-state index in [1.165, 1.54) is 24.0 Å². The van der Waals surface area contributed by atoms with Crippen molar-refractivity contribution in [2.45, 2.75) is 38.8 Å². The van der Waals surface area contributed by atoms with E-state index in [2.05, 4.69) is 30.4 Å². The van der Waals surface area contributed by atoms with Gasteiger partial charge in [-0.05, 0) is 25.3 Å². The highest BCUT2D eigenvalue weighted by molar-refractivity contribution is 5.40. The van der Waals surface area contributed by atoms with Crippen LogP contribution in [-0.2, 0) is 11.3 Å². The van der Waals surface area contributed by atoms with Gasteiger partial charge in [0.15, 0.2) is 0 Å². The molecule has 1 aliphatic rings. The Bertz CT molecular complexity index is 375. The van der Waals surface area contributed by atoms with Gasteiger partial charge in [0.1, 0.15) is 5.75 Å². The molecular weight excluding hydrogens is 226 g/mol. The molecule has 0 unspecified atom stereocenters. The number of rotatable bonds is 8. The highest BCUT2D eigenvalue weighted by Gasteiger charge is 2.20. The van der Waals surface area contributed by atoms with Gasteiger partial charge in [-0.1, -0.05) is 18.2 Å². The average molecular weight is 249 g/mol. The lowest BCUT2D eigenvalue weighted by molar-refractivity contribution is 0.171. The summed E-state index contributed by atoms with van der Waals surface area (Å²) in [5.74, 6) is 1.04. The fraction of sp³-hybridized carbons (Fsp3) is 0.600. The fourth-order valence-electron chi connectivity index (χ4n) is 1.98. The lowest BCUT2D eigenvalue weighted by Crippen LogP contribution is -2.16. The Hall–Kier alpha value is -1.06. The van der Waals surface area contributed by atoms with Crippen LogP contribution in [0.2, 0.25) is 0 Å². The number of hydrogen-bond acceptors (Lipinski definition) is 3. The third-order valence-electron chi connectivity index (χ3n) is 3.19. The number of hydrogen-bond donors (Lipinski definition) is 1. The Morgan fingerprint density at radius 3 is 2.83 bits per heavy atom. The number of benzene rings is 1. The Balaban J connectivity index is 1.91. The molecule has 1 aromatic rings. The zero-order valence-corrected chi connectivity index (χ0v) is 11.4. The number of ether oxygens (including phenoxy) is 2. The molecule has 3 nitrogen and oxygen atoms in total. The molecule has 3 heteroatoms. The van der Waals surface area contributed by atoms with Crippen LogP contribution in [0.5, 0.6) is 5.75 Å². The molecule has 0 aromatic heterocycles. The number of para-hydroxylation sites is 1. The summed E-state index contributed by atoms with van der Waals surface area (Å²) in [6, 6.07) is 7.08. The van der Waals surface area contributed by atoms with Crippen LogP contribution in [0.15, 0.2) is 18.2 Å². The van der Waals surface area contributed by atoms with Crippen LogP contribution >= 0.6 is 0 Å². The van der Waals surface area contributed by atoms with Crippen molar-refractivity contribution in [2.75, 3.05) is 20.3 Å². The third kappa shape index (κ3) is 4.00. The van der Waals surface area contributed by atoms with E-state index < -0.39 is 0 Å². The van der Waals surface area contributed by atoms with Crippen molar-refractivity contribution in [3.63, 3.8) is 0 Å². The normalized spacial score (nSPS) is 14.8. The molecule has 2 rings (SSSR count). The van der Waals surface area contributed by atoms with Crippen LogP contribution in [0, 0.1) is 6.92 Å². The van der Waals surface area contributed by atoms with E-state index >= 15 is 0 Å². The van der Waals surface area contributed by atoms with Gasteiger partial charge < -0.3 is 14.8 Å². The molecule has 100 valence electrons. The van der Waals surface area contributed by atoms with Crippen molar-refractivity contribution in [1.82, 2.24) is 5.32 Å². The maximum Gasteiger partial charge on any atom is 0.126 e. The number of nitrogens with one attached hydrogen (secondary N) is 1. The van der Waals surface area contributed by atoms with Crippen molar-refractivity contribution in [3.8, 4) is 5.75 Å². The van der Waals surface area contributed by atoms with Crippen LogP contribution in [-0.4, -0.2) is 26.4 Å². The summed E-state index contributed by atoms with van der Waals surface area (Å²) < 4.78 is 10.9. The molecule has 0 aliphatic heterocycles. The minimum absolute atomic E-state index is 0.717. The monoisotopic (exact) mass is 249 g/mol. The second-order valence-corrected chi connectivity index (χ2v) is 4.91. The van der Waals surface area contributed by atoms with E-state index in [0.717, 1.165) is 38.0 Å². The van der Waals surface area contributed by atoms with Crippen molar-refractivity contribution >= 4 is 0 Å². The molecule has 0 atom stereocenters. The summed E-state index contributed by atoms with van der Waals surface area (Å²) in [7, 11) is 1.72. The first-order chi connectivity index (χ1) is 8.81. The highest BCUT2D eigenvalue weighted by atomic mass is 16.5. The minimum Gasteiger partial charge on any atom is -0.493 e. The van der Waals surface area contributed by atoms with E-state index in [4.69, 9.17) is 9.47 Å². The molecule has 1 saturated carbocycles. The average Bonchev–Trinajstić information content (AvgIpc) is 3.18. The molecule has 0 bridgehead atoms. The van der Waals surface area contributed by atoms with Gasteiger partial charge in [0, 0.05) is 38.3 Å². The quantitative estimate of drug-likeness (QED) is 0.718. The summed E-state index contributed by atoms with van der Waals surface area (Å²) in [5, 5.41) is 3.54. The van der Waals surface area contributed by atoms with E-state index in [-0.39, 0.29) is 0 Å². The number of aryl methyl sites for hydroxylation is 1. The van der Waals surface area contributed by atoms with Gasteiger partial charge >= 0.3 is 0 Å². The second-order valence-electron chi connectivity index (χ2n) is 4.91. The molecule has 1 N–H and O–H groups in total. The Kier molecular flexibility index (Phi) is 5.02. The van der Waals surface area contributed by atoms with E-state index in [1.807, 2.05) is 0 Å². The van der Waals surface area contributed by atoms with Crippen LogP contribution in [0.4, 0.5) is 0 Å². The molecule has 1 fully saturated rings. The topological polar surface area (TPSA) is 30.5 Å². The van der Waals surface area contributed by atoms with Crippen molar-refractivity contribution in [1.29, 1.82) is 0 Å². The summed E-state index contributed by atoms with van der Waals surface area (Å²) in [6.45, 7) is 4.48. The molecule has 1 aliphatic carbocycles. The van der Waals surface area contributed by atoms with Gasteiger partial charge in [-0.15, -0.1) is 0 Å². The first-order valence-corrected chi connectivity index (χ1v) is 6.75. The van der Waals surface area contributed by atoms with Crippen LogP contribution in [0.3, 0.4) is 0 Å². The van der Waals surface area contributed by atoms with Crippen molar-refractivity contribution in [3.05, 3.63) is 29.3 Å². The zero-order valence-electron chi connectivity index (χ0n) is 11.4. The molecule has 0 amide bonds. The van der Waals surface area contributed by atoms with Crippen molar-refractivity contribution < 1.29 is 9.47 Å². The van der Waals surface area contributed by atoms with Gasteiger partial charge in [-0.3, -0.25) is 0 Å². The molecule has 0 heterocycles. The third-order valence-corrected chi connectivity index (χ3v) is 3.19. The van der Waals surface area contributed by atoms with E-state index in [9.17, 15) is 0 Å². The standard InChI is InChI=1S/C15H23NO2/c1-12-5-3-6-13(11-16-14-7-8-14)15(12)18-10-4-9-17-2/h3,5-6,14,16H,4,7-11H2,1-2H3. The first-order valence-electron chi connectivity index (χ1n) is 6.75. The first kappa shape index (κ1) is 13.4. The smallest absolute Gasteiger partial charge is 0.126 e. The molecule has 0 spiro atoms. The van der Waals surface area contributed by atoms with Gasteiger partial charge in [-0.25, -0.2) is 0 Å². The van der Waals surface area contributed by atoms with E-state index in [1.54, 1.807) is 7.11 Å². The van der Waals surface area contributed by atoms with E-state index in [0.29, 0.717) is 0 Å². The lowest BCUT2D eigenvalue weighted by atomic mass is 10.1. The summed E-state index contributed by atoms with van der Waals surface area (Å²) in [6.07, 6.45) is 3.56. The molecular formula is C15H23NO2. The molecule has 0 saturated heterocycles. The zero-order chi connectivity index (χ0) is 12.8. The fourth-order valence-corrected chi connectivity index (χ4v) is 1.98. The maximum atomic E-state index is 5.90. The van der Waals surface area contributed by atoms with Crippen LogP contribution < -0.4 is 10.1 Å². The SMILES string of the molecule is COCCCOc1c(C)cccc1CNC1CC1. The van der Waals surface area contributed by atoms with Crippen LogP contribution in [0.1, 0.15) is 30.4 Å². The Labute approximate surface area is 109 Å². The van der Waals surface area contributed by atoms with Crippen molar-refractivity contribution in [2.24, 2.45) is 0 Å². The predicted molar refractivity (Wildman–Crippen MR) is 73.0 cm³/mol. The maximum absolute atomic E-state index is 5.90. The van der Waals surface area contributed by atoms with Gasteiger partial charge in [0.2, 0.25) is 0 Å².